The zero-order valence-corrected chi connectivity index (χ0v) is 17.3. The molecule has 5 nitrogen and oxygen atoms in total. The minimum absolute atomic E-state index is 0.0470. The molecule has 0 radical (unpaired) electrons. The fourth-order valence-electron chi connectivity index (χ4n) is 2.80. The quantitative estimate of drug-likeness (QED) is 0.588. The standard InChI is InChI=1S/C21H17ClF2N2O3S/c1-14-10-11-15(22)12-19(14)26(30(28,29)16-6-3-2-4-7-16)13-20(27)25-21-17(23)8-5-9-18(21)24/h2-12H,13H2,1H3,(H,25,27). The number of carbonyl (C=O) groups is 1. The second-order valence-corrected chi connectivity index (χ2v) is 8.70. The summed E-state index contributed by atoms with van der Waals surface area (Å²) in [5.74, 6) is -2.86. The number of sulfonamides is 1. The zero-order chi connectivity index (χ0) is 21.9. The number of hydrogen-bond donors (Lipinski definition) is 1. The van der Waals surface area contributed by atoms with E-state index in [1.807, 2.05) is 0 Å². The Kier molecular flexibility index (Phi) is 6.38. The van der Waals surface area contributed by atoms with Gasteiger partial charge in [0.05, 0.1) is 10.6 Å². The summed E-state index contributed by atoms with van der Waals surface area (Å²) in [5.41, 5.74) is 0.0710. The smallest absolute Gasteiger partial charge is 0.264 e. The van der Waals surface area contributed by atoms with Gasteiger partial charge < -0.3 is 5.32 Å². The van der Waals surface area contributed by atoms with Gasteiger partial charge in [0.2, 0.25) is 5.91 Å². The topological polar surface area (TPSA) is 66.5 Å². The van der Waals surface area contributed by atoms with Crippen molar-refractivity contribution in [2.75, 3.05) is 16.2 Å². The second kappa shape index (κ2) is 8.81. The van der Waals surface area contributed by atoms with Crippen molar-refractivity contribution in [1.82, 2.24) is 0 Å². The molecule has 0 aliphatic rings. The predicted molar refractivity (Wildman–Crippen MR) is 112 cm³/mol. The monoisotopic (exact) mass is 450 g/mol. The van der Waals surface area contributed by atoms with Crippen molar-refractivity contribution in [3.8, 4) is 0 Å². The SMILES string of the molecule is Cc1ccc(Cl)cc1N(CC(=O)Nc1c(F)cccc1F)S(=O)(=O)c1ccccc1. The molecule has 0 aromatic heterocycles. The average molecular weight is 451 g/mol. The number of hydrogen-bond acceptors (Lipinski definition) is 3. The number of halogens is 3. The fraction of sp³-hybridized carbons (Fsp3) is 0.0952. The van der Waals surface area contributed by atoms with Crippen LogP contribution >= 0.6 is 11.6 Å². The number of anilines is 2. The van der Waals surface area contributed by atoms with Crippen molar-refractivity contribution in [3.63, 3.8) is 0 Å². The Hall–Kier alpha value is -2.97. The molecule has 3 rings (SSSR count). The lowest BCUT2D eigenvalue weighted by Crippen LogP contribution is -2.38. The molecule has 1 amide bonds. The van der Waals surface area contributed by atoms with Crippen LogP contribution in [0.5, 0.6) is 0 Å². The van der Waals surface area contributed by atoms with Gasteiger partial charge in [-0.2, -0.15) is 0 Å². The number of aryl methyl sites for hydroxylation is 1. The highest BCUT2D eigenvalue weighted by atomic mass is 35.5. The lowest BCUT2D eigenvalue weighted by Gasteiger charge is -2.26. The van der Waals surface area contributed by atoms with Crippen LogP contribution in [0, 0.1) is 18.6 Å². The summed E-state index contributed by atoms with van der Waals surface area (Å²) in [7, 11) is -4.17. The van der Waals surface area contributed by atoms with Gasteiger partial charge in [-0.15, -0.1) is 0 Å². The maximum atomic E-state index is 13.9. The Bertz CT molecular complexity index is 1170. The molecule has 0 spiro atoms. The summed E-state index contributed by atoms with van der Waals surface area (Å²) >= 11 is 6.04. The molecule has 0 aliphatic carbocycles. The van der Waals surface area contributed by atoms with Gasteiger partial charge in [0.15, 0.2) is 0 Å². The van der Waals surface area contributed by atoms with Gasteiger partial charge in [0.1, 0.15) is 23.9 Å². The number of benzene rings is 3. The maximum Gasteiger partial charge on any atom is 0.264 e. The van der Waals surface area contributed by atoms with Crippen molar-refractivity contribution in [2.45, 2.75) is 11.8 Å². The second-order valence-electron chi connectivity index (χ2n) is 6.40. The minimum Gasteiger partial charge on any atom is -0.320 e. The number of nitrogens with one attached hydrogen (secondary N) is 1. The van der Waals surface area contributed by atoms with E-state index in [1.165, 1.54) is 18.2 Å². The Morgan fingerprint density at radius 2 is 1.63 bits per heavy atom. The summed E-state index contributed by atoms with van der Waals surface area (Å²) in [6, 6.07) is 15.2. The summed E-state index contributed by atoms with van der Waals surface area (Å²) in [5, 5.41) is 2.38. The summed E-state index contributed by atoms with van der Waals surface area (Å²) < 4.78 is 55.2. The molecule has 0 bridgehead atoms. The van der Waals surface area contributed by atoms with E-state index in [2.05, 4.69) is 5.32 Å². The Labute approximate surface area is 178 Å². The normalized spacial score (nSPS) is 11.2. The molecule has 3 aromatic rings. The van der Waals surface area contributed by atoms with Gasteiger partial charge >= 0.3 is 0 Å². The van der Waals surface area contributed by atoms with Crippen LogP contribution in [0.4, 0.5) is 20.2 Å². The highest BCUT2D eigenvalue weighted by molar-refractivity contribution is 7.92. The van der Waals surface area contributed by atoms with Gasteiger partial charge in [0, 0.05) is 5.02 Å². The molecule has 0 saturated carbocycles. The number of para-hydroxylation sites is 1. The fourth-order valence-corrected chi connectivity index (χ4v) is 4.46. The zero-order valence-electron chi connectivity index (χ0n) is 15.8. The van der Waals surface area contributed by atoms with E-state index in [0.717, 1.165) is 22.5 Å². The van der Waals surface area contributed by atoms with Crippen LogP contribution in [-0.4, -0.2) is 20.9 Å². The van der Waals surface area contributed by atoms with Crippen LogP contribution in [-0.2, 0) is 14.8 Å². The van der Waals surface area contributed by atoms with Crippen LogP contribution in [0.3, 0.4) is 0 Å². The predicted octanol–water partition coefficient (Wildman–Crippen LogP) is 4.76. The minimum atomic E-state index is -4.17. The lowest BCUT2D eigenvalue weighted by molar-refractivity contribution is -0.114. The average Bonchev–Trinajstić information content (AvgIpc) is 2.71. The molecule has 0 saturated heterocycles. The molecule has 0 atom stereocenters. The highest BCUT2D eigenvalue weighted by Crippen LogP contribution is 2.29. The molecular weight excluding hydrogens is 434 g/mol. The van der Waals surface area contributed by atoms with E-state index in [-0.39, 0.29) is 15.6 Å². The van der Waals surface area contributed by atoms with Crippen molar-refractivity contribution in [3.05, 3.63) is 89.0 Å². The number of carbonyl (C=O) groups excluding carboxylic acids is 1. The molecule has 0 aliphatic heterocycles. The van der Waals surface area contributed by atoms with Crippen LogP contribution in [0.2, 0.25) is 5.02 Å². The molecule has 9 heteroatoms. The van der Waals surface area contributed by atoms with E-state index in [0.29, 0.717) is 5.56 Å². The third-order valence-corrected chi connectivity index (χ3v) is 6.29. The van der Waals surface area contributed by atoms with Crippen molar-refractivity contribution < 1.29 is 22.0 Å². The van der Waals surface area contributed by atoms with Crippen LogP contribution < -0.4 is 9.62 Å². The summed E-state index contributed by atoms with van der Waals surface area (Å²) in [6.07, 6.45) is 0. The largest absolute Gasteiger partial charge is 0.320 e. The molecule has 30 heavy (non-hydrogen) atoms. The van der Waals surface area contributed by atoms with Crippen LogP contribution in [0.15, 0.2) is 71.6 Å². The summed E-state index contributed by atoms with van der Waals surface area (Å²) in [6.45, 7) is 0.944. The number of rotatable bonds is 6. The first-order chi connectivity index (χ1) is 14.2. The van der Waals surface area contributed by atoms with Gasteiger partial charge in [-0.1, -0.05) is 41.9 Å². The molecule has 0 fully saturated rings. The lowest BCUT2D eigenvalue weighted by atomic mass is 10.2. The van der Waals surface area contributed by atoms with E-state index in [9.17, 15) is 22.0 Å². The molecule has 1 N–H and O–H groups in total. The molecule has 0 unspecified atom stereocenters. The van der Waals surface area contributed by atoms with Gasteiger partial charge in [-0.3, -0.25) is 9.10 Å². The first-order valence-electron chi connectivity index (χ1n) is 8.78. The van der Waals surface area contributed by atoms with Crippen molar-refractivity contribution in [2.24, 2.45) is 0 Å². The van der Waals surface area contributed by atoms with Crippen molar-refractivity contribution in [1.29, 1.82) is 0 Å². The van der Waals surface area contributed by atoms with E-state index >= 15 is 0 Å². The van der Waals surface area contributed by atoms with Gasteiger partial charge in [0.25, 0.3) is 10.0 Å². The van der Waals surface area contributed by atoms with Crippen LogP contribution in [0.1, 0.15) is 5.56 Å². The number of nitrogens with zero attached hydrogens (tertiary/aromatic N) is 1. The molecule has 3 aromatic carbocycles. The van der Waals surface area contributed by atoms with Gasteiger partial charge in [-0.25, -0.2) is 17.2 Å². The molecule has 156 valence electrons. The Balaban J connectivity index is 2.02. The van der Waals surface area contributed by atoms with Crippen LogP contribution in [0.25, 0.3) is 0 Å². The number of amides is 1. The third-order valence-electron chi connectivity index (χ3n) is 4.29. The van der Waals surface area contributed by atoms with Crippen molar-refractivity contribution >= 4 is 38.9 Å². The third kappa shape index (κ3) is 4.60. The first kappa shape index (κ1) is 21.7. The van der Waals surface area contributed by atoms with Gasteiger partial charge in [-0.05, 0) is 48.9 Å². The summed E-state index contributed by atoms with van der Waals surface area (Å²) in [4.78, 5) is 12.5. The first-order valence-corrected chi connectivity index (χ1v) is 10.6. The van der Waals surface area contributed by atoms with E-state index in [4.69, 9.17) is 11.6 Å². The molecule has 0 heterocycles. The van der Waals surface area contributed by atoms with E-state index < -0.39 is 39.8 Å². The Morgan fingerprint density at radius 3 is 2.27 bits per heavy atom. The maximum absolute atomic E-state index is 13.9. The molecular formula is C21H17ClF2N2O3S. The highest BCUT2D eigenvalue weighted by Gasteiger charge is 2.29. The van der Waals surface area contributed by atoms with E-state index in [1.54, 1.807) is 37.3 Å². The Morgan fingerprint density at radius 1 is 1.00 bits per heavy atom.